The summed E-state index contributed by atoms with van der Waals surface area (Å²) in [5, 5.41) is 3.26. The highest BCUT2D eigenvalue weighted by Crippen LogP contribution is 2.19. The van der Waals surface area contributed by atoms with E-state index in [1.54, 1.807) is 42.4 Å². The van der Waals surface area contributed by atoms with E-state index in [4.69, 9.17) is 0 Å². The van der Waals surface area contributed by atoms with Gasteiger partial charge in [-0.25, -0.2) is 4.79 Å². The molecule has 0 radical (unpaired) electrons. The van der Waals surface area contributed by atoms with Gasteiger partial charge in [-0.15, -0.1) is 0 Å². The minimum absolute atomic E-state index is 0.0111. The standard InChI is InChI=1S/C21H18N4O3/c1-24(12-14-4-9-18-16(11-14)3-2-10-22-18)20(27)15-5-7-17(8-6-15)25-13-19(26)23-21(25)28/h2-11H,12-13H2,1H3,(H,23,26,28). The molecule has 1 aromatic heterocycles. The van der Waals surface area contributed by atoms with Crippen LogP contribution in [-0.2, 0) is 11.3 Å². The molecule has 0 aliphatic carbocycles. The zero-order chi connectivity index (χ0) is 19.7. The van der Waals surface area contributed by atoms with Crippen molar-refractivity contribution >= 4 is 34.4 Å². The Morgan fingerprint density at radius 3 is 2.64 bits per heavy atom. The molecule has 2 heterocycles. The van der Waals surface area contributed by atoms with Crippen LogP contribution in [0, 0.1) is 0 Å². The number of hydrogen-bond donors (Lipinski definition) is 1. The Labute approximate surface area is 161 Å². The maximum atomic E-state index is 12.7. The highest BCUT2D eigenvalue weighted by Gasteiger charge is 2.28. The average molecular weight is 374 g/mol. The molecule has 0 atom stereocenters. The predicted molar refractivity (Wildman–Crippen MR) is 105 cm³/mol. The van der Waals surface area contributed by atoms with Gasteiger partial charge in [-0.2, -0.15) is 0 Å². The van der Waals surface area contributed by atoms with Crippen LogP contribution in [-0.4, -0.2) is 41.3 Å². The summed E-state index contributed by atoms with van der Waals surface area (Å²) in [4.78, 5) is 43.0. The highest BCUT2D eigenvalue weighted by atomic mass is 16.2. The number of hydrogen-bond acceptors (Lipinski definition) is 4. The van der Waals surface area contributed by atoms with Crippen molar-refractivity contribution in [3.05, 3.63) is 71.9 Å². The molecule has 3 aromatic rings. The molecular weight excluding hydrogens is 356 g/mol. The van der Waals surface area contributed by atoms with Crippen molar-refractivity contribution in [2.24, 2.45) is 0 Å². The van der Waals surface area contributed by atoms with Crippen LogP contribution in [0.1, 0.15) is 15.9 Å². The van der Waals surface area contributed by atoms with E-state index in [0.717, 1.165) is 16.5 Å². The first-order valence-electron chi connectivity index (χ1n) is 8.82. The second kappa shape index (κ2) is 7.11. The molecule has 0 saturated carbocycles. The van der Waals surface area contributed by atoms with Crippen LogP contribution < -0.4 is 10.2 Å². The van der Waals surface area contributed by atoms with Crippen LogP contribution in [0.2, 0.25) is 0 Å². The van der Waals surface area contributed by atoms with Crippen molar-refractivity contribution in [3.8, 4) is 0 Å². The average Bonchev–Trinajstić information content (AvgIpc) is 3.05. The molecule has 1 fully saturated rings. The van der Waals surface area contributed by atoms with Crippen molar-refractivity contribution in [1.82, 2.24) is 15.2 Å². The van der Waals surface area contributed by atoms with Gasteiger partial charge in [0, 0.05) is 36.4 Å². The topological polar surface area (TPSA) is 82.6 Å². The van der Waals surface area contributed by atoms with Gasteiger partial charge in [-0.1, -0.05) is 12.1 Å². The van der Waals surface area contributed by atoms with Crippen LogP contribution in [0.5, 0.6) is 0 Å². The normalized spacial score (nSPS) is 13.7. The lowest BCUT2D eigenvalue weighted by Crippen LogP contribution is -2.28. The van der Waals surface area contributed by atoms with Crippen molar-refractivity contribution in [1.29, 1.82) is 0 Å². The molecule has 7 nitrogen and oxygen atoms in total. The van der Waals surface area contributed by atoms with Gasteiger partial charge in [0.25, 0.3) is 5.91 Å². The van der Waals surface area contributed by atoms with E-state index in [1.165, 1.54) is 4.90 Å². The number of amides is 4. The summed E-state index contributed by atoms with van der Waals surface area (Å²) in [6.07, 6.45) is 1.75. The summed E-state index contributed by atoms with van der Waals surface area (Å²) in [6, 6.07) is 16.0. The molecule has 0 bridgehead atoms. The van der Waals surface area contributed by atoms with Gasteiger partial charge in [0.1, 0.15) is 6.54 Å². The Morgan fingerprint density at radius 1 is 1.14 bits per heavy atom. The Balaban J connectivity index is 1.47. The number of anilines is 1. The van der Waals surface area contributed by atoms with Gasteiger partial charge in [0.05, 0.1) is 5.52 Å². The van der Waals surface area contributed by atoms with E-state index in [-0.39, 0.29) is 18.4 Å². The Morgan fingerprint density at radius 2 is 1.93 bits per heavy atom. The number of carbonyl (C=O) groups excluding carboxylic acids is 3. The van der Waals surface area contributed by atoms with Crippen LogP contribution >= 0.6 is 0 Å². The van der Waals surface area contributed by atoms with Gasteiger partial charge in [0.15, 0.2) is 0 Å². The number of rotatable bonds is 4. The third-order valence-electron chi connectivity index (χ3n) is 4.65. The summed E-state index contributed by atoms with van der Waals surface area (Å²) in [6.45, 7) is 0.456. The largest absolute Gasteiger partial charge is 0.337 e. The molecule has 1 aliphatic heterocycles. The van der Waals surface area contributed by atoms with Crippen LogP contribution in [0.4, 0.5) is 10.5 Å². The van der Waals surface area contributed by atoms with E-state index in [0.29, 0.717) is 17.8 Å². The van der Waals surface area contributed by atoms with Crippen molar-refractivity contribution in [2.75, 3.05) is 18.5 Å². The summed E-state index contributed by atoms with van der Waals surface area (Å²) < 4.78 is 0. The number of aromatic nitrogens is 1. The van der Waals surface area contributed by atoms with Crippen LogP contribution in [0.3, 0.4) is 0 Å². The minimum Gasteiger partial charge on any atom is -0.337 e. The second-order valence-corrected chi connectivity index (χ2v) is 6.68. The highest BCUT2D eigenvalue weighted by molar-refractivity contribution is 6.12. The molecule has 0 spiro atoms. The smallest absolute Gasteiger partial charge is 0.329 e. The molecule has 4 rings (SSSR count). The fourth-order valence-corrected chi connectivity index (χ4v) is 3.22. The molecule has 140 valence electrons. The number of imide groups is 1. The lowest BCUT2D eigenvalue weighted by Gasteiger charge is -2.19. The zero-order valence-electron chi connectivity index (χ0n) is 15.3. The second-order valence-electron chi connectivity index (χ2n) is 6.68. The third kappa shape index (κ3) is 3.42. The Bertz CT molecular complexity index is 1080. The van der Waals surface area contributed by atoms with E-state index in [1.807, 2.05) is 30.3 Å². The monoisotopic (exact) mass is 374 g/mol. The van der Waals surface area contributed by atoms with Crippen molar-refractivity contribution in [2.45, 2.75) is 6.54 Å². The molecule has 0 unspecified atom stereocenters. The van der Waals surface area contributed by atoms with E-state index >= 15 is 0 Å². The van der Waals surface area contributed by atoms with E-state index < -0.39 is 6.03 Å². The number of fused-ring (bicyclic) bond motifs is 1. The van der Waals surface area contributed by atoms with Gasteiger partial charge in [-0.05, 0) is 48.0 Å². The third-order valence-corrected chi connectivity index (χ3v) is 4.65. The van der Waals surface area contributed by atoms with Gasteiger partial charge in [0.2, 0.25) is 5.91 Å². The first kappa shape index (κ1) is 17.7. The molecule has 4 amide bonds. The number of nitrogens with zero attached hydrogens (tertiary/aromatic N) is 3. The molecule has 1 aliphatic rings. The molecule has 1 N–H and O–H groups in total. The molecule has 2 aromatic carbocycles. The minimum atomic E-state index is -0.452. The quantitative estimate of drug-likeness (QED) is 0.712. The van der Waals surface area contributed by atoms with Gasteiger partial charge in [-0.3, -0.25) is 24.8 Å². The fourth-order valence-electron chi connectivity index (χ4n) is 3.22. The Kier molecular flexibility index (Phi) is 4.49. The van der Waals surface area contributed by atoms with Crippen LogP contribution in [0.25, 0.3) is 10.9 Å². The number of carbonyl (C=O) groups is 3. The van der Waals surface area contributed by atoms with Crippen molar-refractivity contribution < 1.29 is 14.4 Å². The number of benzene rings is 2. The molecule has 28 heavy (non-hydrogen) atoms. The Hall–Kier alpha value is -3.74. The van der Waals surface area contributed by atoms with Gasteiger partial charge >= 0.3 is 6.03 Å². The first-order valence-corrected chi connectivity index (χ1v) is 8.82. The zero-order valence-corrected chi connectivity index (χ0v) is 15.3. The summed E-state index contributed by atoms with van der Waals surface area (Å²) in [5.41, 5.74) is 3.02. The van der Waals surface area contributed by atoms with Gasteiger partial charge < -0.3 is 4.90 Å². The van der Waals surface area contributed by atoms with Crippen molar-refractivity contribution in [3.63, 3.8) is 0 Å². The summed E-state index contributed by atoms with van der Waals surface area (Å²) >= 11 is 0. The number of urea groups is 1. The lowest BCUT2D eigenvalue weighted by atomic mass is 10.1. The predicted octanol–water partition coefficient (Wildman–Crippen LogP) is 2.56. The molecule has 7 heteroatoms. The lowest BCUT2D eigenvalue weighted by molar-refractivity contribution is -0.117. The van der Waals surface area contributed by atoms with E-state index in [9.17, 15) is 14.4 Å². The SMILES string of the molecule is CN(Cc1ccc2ncccc2c1)C(=O)c1ccc(N2CC(=O)NC2=O)cc1. The summed E-state index contributed by atoms with van der Waals surface area (Å²) in [5.74, 6) is -0.463. The number of pyridine rings is 1. The fraction of sp³-hybridized carbons (Fsp3) is 0.143. The molecule has 1 saturated heterocycles. The first-order chi connectivity index (χ1) is 13.5. The molecular formula is C21H18N4O3. The maximum absolute atomic E-state index is 12.7. The summed E-state index contributed by atoms with van der Waals surface area (Å²) in [7, 11) is 1.75. The van der Waals surface area contributed by atoms with Crippen LogP contribution in [0.15, 0.2) is 60.8 Å². The maximum Gasteiger partial charge on any atom is 0.329 e. The van der Waals surface area contributed by atoms with E-state index in [2.05, 4.69) is 10.3 Å². The number of nitrogens with one attached hydrogen (secondary N) is 1.